The molecule has 0 radical (unpaired) electrons. The second-order valence-electron chi connectivity index (χ2n) is 5.95. The fraction of sp³-hybridized carbons (Fsp3) is 0.235. The second kappa shape index (κ2) is 6.28. The van der Waals surface area contributed by atoms with E-state index in [1.54, 1.807) is 41.1 Å². The van der Waals surface area contributed by atoms with Crippen molar-refractivity contribution in [1.29, 1.82) is 0 Å². The van der Waals surface area contributed by atoms with Gasteiger partial charge in [0.2, 0.25) is 5.82 Å². The van der Waals surface area contributed by atoms with E-state index in [2.05, 4.69) is 15.3 Å². The van der Waals surface area contributed by atoms with Gasteiger partial charge < -0.3 is 5.32 Å². The van der Waals surface area contributed by atoms with E-state index in [9.17, 15) is 9.18 Å². The third-order valence-electron chi connectivity index (χ3n) is 4.20. The molecule has 0 spiro atoms. The van der Waals surface area contributed by atoms with Crippen molar-refractivity contribution in [2.75, 3.05) is 0 Å². The third-order valence-corrected chi connectivity index (χ3v) is 4.94. The maximum absolute atomic E-state index is 13.0. The van der Waals surface area contributed by atoms with Crippen LogP contribution in [0, 0.1) is 0 Å². The Morgan fingerprint density at radius 2 is 2.04 bits per heavy atom. The summed E-state index contributed by atoms with van der Waals surface area (Å²) in [6, 6.07) is 8.38. The lowest BCUT2D eigenvalue weighted by Gasteiger charge is -2.30. The van der Waals surface area contributed by atoms with Gasteiger partial charge in [0.05, 0.1) is 15.7 Å². The summed E-state index contributed by atoms with van der Waals surface area (Å²) in [5.41, 5.74) is 1.73. The molecule has 0 aliphatic heterocycles. The number of carbonyl (C=O) groups excluding carboxylic acids is 1. The van der Waals surface area contributed by atoms with E-state index in [0.717, 1.165) is 0 Å². The summed E-state index contributed by atoms with van der Waals surface area (Å²) in [5.74, 6) is -0.199. The van der Waals surface area contributed by atoms with E-state index >= 15 is 0 Å². The van der Waals surface area contributed by atoms with Gasteiger partial charge in [0, 0.05) is 12.2 Å². The second-order valence-corrected chi connectivity index (χ2v) is 6.77. The molecule has 0 unspecified atom stereocenters. The van der Waals surface area contributed by atoms with E-state index in [1.807, 2.05) is 0 Å². The summed E-state index contributed by atoms with van der Waals surface area (Å²) in [6.07, 6.45) is 1.44. The van der Waals surface area contributed by atoms with Crippen LogP contribution in [0.15, 0.2) is 36.5 Å². The molecule has 5 nitrogen and oxygen atoms in total. The smallest absolute Gasteiger partial charge is 0.287 e. The van der Waals surface area contributed by atoms with Crippen molar-refractivity contribution >= 4 is 40.3 Å². The van der Waals surface area contributed by atoms with E-state index in [4.69, 9.17) is 23.2 Å². The van der Waals surface area contributed by atoms with Crippen molar-refractivity contribution in [2.45, 2.75) is 25.1 Å². The number of amides is 1. The highest BCUT2D eigenvalue weighted by Gasteiger charge is 2.31. The van der Waals surface area contributed by atoms with E-state index in [1.165, 1.54) is 0 Å². The highest BCUT2D eigenvalue weighted by molar-refractivity contribution is 6.42. The van der Waals surface area contributed by atoms with Crippen molar-refractivity contribution in [3.63, 3.8) is 0 Å². The third kappa shape index (κ3) is 2.96. The van der Waals surface area contributed by atoms with Gasteiger partial charge in [-0.15, -0.1) is 0 Å². The van der Waals surface area contributed by atoms with Crippen molar-refractivity contribution in [3.8, 4) is 5.69 Å². The van der Waals surface area contributed by atoms with Gasteiger partial charge in [-0.2, -0.15) is 0 Å². The molecular formula is C17H13Cl2FN4O. The number of hydrogen-bond acceptors (Lipinski definition) is 3. The Kier molecular flexibility index (Phi) is 4.09. The molecule has 1 fully saturated rings. The minimum Gasteiger partial charge on any atom is -0.346 e. The van der Waals surface area contributed by atoms with Crippen LogP contribution in [0.25, 0.3) is 16.9 Å². The molecule has 1 saturated carbocycles. The van der Waals surface area contributed by atoms with Crippen molar-refractivity contribution in [2.24, 2.45) is 0 Å². The van der Waals surface area contributed by atoms with Crippen LogP contribution in [0.1, 0.15) is 23.5 Å². The highest BCUT2D eigenvalue weighted by atomic mass is 35.5. The van der Waals surface area contributed by atoms with Crippen LogP contribution in [0.3, 0.4) is 0 Å². The monoisotopic (exact) mass is 378 g/mol. The number of rotatable bonds is 3. The van der Waals surface area contributed by atoms with Gasteiger partial charge in [0.15, 0.2) is 5.65 Å². The molecule has 2 aromatic heterocycles. The normalized spacial score (nSPS) is 19.6. The molecule has 25 heavy (non-hydrogen) atoms. The molecule has 0 saturated heterocycles. The standard InChI is InChI=1S/C17H13Cl2FN4O/c18-12-4-3-11(8-13(12)19)24-15-14(2-1-5-21-15)23-16(24)17(25)22-10-6-9(20)7-10/h1-5,8-10H,6-7H2,(H,22,25). The fourth-order valence-electron chi connectivity index (χ4n) is 2.85. The lowest BCUT2D eigenvalue weighted by atomic mass is 9.91. The average Bonchev–Trinajstić information content (AvgIpc) is 2.95. The summed E-state index contributed by atoms with van der Waals surface area (Å²) in [5, 5.41) is 3.59. The molecule has 8 heteroatoms. The van der Waals surface area contributed by atoms with Crippen LogP contribution in [0.5, 0.6) is 0 Å². The zero-order chi connectivity index (χ0) is 17.6. The van der Waals surface area contributed by atoms with Crippen molar-refractivity contribution < 1.29 is 9.18 Å². The maximum Gasteiger partial charge on any atom is 0.287 e. The first kappa shape index (κ1) is 16.3. The Labute approximate surface area is 152 Å². The predicted molar refractivity (Wildman–Crippen MR) is 94.3 cm³/mol. The van der Waals surface area contributed by atoms with Gasteiger partial charge in [-0.25, -0.2) is 14.4 Å². The van der Waals surface area contributed by atoms with Gasteiger partial charge in [0.25, 0.3) is 5.91 Å². The first-order valence-corrected chi connectivity index (χ1v) is 8.52. The lowest BCUT2D eigenvalue weighted by Crippen LogP contribution is -2.45. The summed E-state index contributed by atoms with van der Waals surface area (Å²) >= 11 is 12.1. The molecule has 2 heterocycles. The number of imidazole rings is 1. The molecular weight excluding hydrogens is 366 g/mol. The Hall–Kier alpha value is -2.18. The highest BCUT2D eigenvalue weighted by Crippen LogP contribution is 2.28. The Morgan fingerprint density at radius 1 is 1.24 bits per heavy atom. The summed E-state index contributed by atoms with van der Waals surface area (Å²) in [7, 11) is 0. The number of aromatic nitrogens is 3. The molecule has 1 N–H and O–H groups in total. The number of pyridine rings is 1. The number of nitrogens with zero attached hydrogens (tertiary/aromatic N) is 3. The number of benzene rings is 1. The van der Waals surface area contributed by atoms with Gasteiger partial charge in [-0.1, -0.05) is 23.2 Å². The number of nitrogens with one attached hydrogen (secondary N) is 1. The largest absolute Gasteiger partial charge is 0.346 e. The first-order valence-electron chi connectivity index (χ1n) is 7.77. The number of alkyl halides is 1. The summed E-state index contributed by atoms with van der Waals surface area (Å²) in [6.45, 7) is 0. The lowest BCUT2D eigenvalue weighted by molar-refractivity contribution is 0.0848. The SMILES string of the molecule is O=C(NC1CC(F)C1)c1nc2cccnc2n1-c1ccc(Cl)c(Cl)c1. The van der Waals surface area contributed by atoms with Crippen molar-refractivity contribution in [1.82, 2.24) is 19.9 Å². The van der Waals surface area contributed by atoms with Crippen LogP contribution in [-0.2, 0) is 0 Å². The molecule has 128 valence electrons. The van der Waals surface area contributed by atoms with Gasteiger partial charge >= 0.3 is 0 Å². The van der Waals surface area contributed by atoms with Crippen LogP contribution in [0.4, 0.5) is 4.39 Å². The number of carbonyl (C=O) groups is 1. The minimum absolute atomic E-state index is 0.169. The van der Waals surface area contributed by atoms with Crippen LogP contribution in [-0.4, -0.2) is 32.7 Å². The maximum atomic E-state index is 13.0. The van der Waals surface area contributed by atoms with E-state index in [0.29, 0.717) is 39.7 Å². The zero-order valence-corrected chi connectivity index (χ0v) is 14.4. The number of fused-ring (bicyclic) bond motifs is 1. The number of hydrogen-bond donors (Lipinski definition) is 1. The van der Waals surface area contributed by atoms with Crippen LogP contribution < -0.4 is 5.32 Å². The Bertz CT molecular complexity index is 968. The molecule has 4 rings (SSSR count). The fourth-order valence-corrected chi connectivity index (χ4v) is 3.14. The summed E-state index contributed by atoms with van der Waals surface area (Å²) in [4.78, 5) is 21.4. The molecule has 1 aliphatic carbocycles. The van der Waals surface area contributed by atoms with E-state index < -0.39 is 6.17 Å². The molecule has 1 aliphatic rings. The number of halogens is 3. The van der Waals surface area contributed by atoms with E-state index in [-0.39, 0.29) is 17.8 Å². The molecule has 1 amide bonds. The Morgan fingerprint density at radius 3 is 2.76 bits per heavy atom. The zero-order valence-electron chi connectivity index (χ0n) is 12.9. The van der Waals surface area contributed by atoms with Crippen molar-refractivity contribution in [3.05, 3.63) is 52.4 Å². The van der Waals surface area contributed by atoms with Crippen LogP contribution >= 0.6 is 23.2 Å². The molecule has 3 aromatic rings. The summed E-state index contributed by atoms with van der Waals surface area (Å²) < 4.78 is 14.6. The minimum atomic E-state index is -0.846. The topological polar surface area (TPSA) is 59.8 Å². The molecule has 0 atom stereocenters. The quantitative estimate of drug-likeness (QED) is 0.750. The first-order chi connectivity index (χ1) is 12.0. The molecule has 1 aromatic carbocycles. The van der Waals surface area contributed by atoms with Gasteiger partial charge in [-0.3, -0.25) is 9.36 Å². The van der Waals surface area contributed by atoms with Gasteiger partial charge in [0.1, 0.15) is 11.7 Å². The Balaban J connectivity index is 1.80. The predicted octanol–water partition coefficient (Wildman–Crippen LogP) is 3.96. The van der Waals surface area contributed by atoms with Gasteiger partial charge in [-0.05, 0) is 43.2 Å². The van der Waals surface area contributed by atoms with Crippen LogP contribution in [0.2, 0.25) is 10.0 Å². The average molecular weight is 379 g/mol. The molecule has 0 bridgehead atoms.